The number of alkyl carbamates (subject to hydrolysis) is 1. The highest BCUT2D eigenvalue weighted by atomic mass is 35.5. The lowest BCUT2D eigenvalue weighted by Gasteiger charge is -2.25. The van der Waals surface area contributed by atoms with Crippen molar-refractivity contribution in [3.63, 3.8) is 0 Å². The van der Waals surface area contributed by atoms with Gasteiger partial charge in [-0.25, -0.2) is 18.0 Å². The standard InChI is InChI=1S/C13H7ClF3NOS.C11H21NO2/c14-8-2-1-6(3-11(8)20)13(19)18-7-4-9(15)12(17)10(16)5-7;1-11(2,3)14-10(13)12-9-7-5-4-6-8-9/h1-5,20H,(H,18,19);9H,4-8H2,1-3H3,(H,12,13). The minimum Gasteiger partial charge on any atom is -0.444 e. The van der Waals surface area contributed by atoms with Crippen LogP contribution in [0.25, 0.3) is 0 Å². The van der Waals surface area contributed by atoms with Crippen LogP contribution in [0.4, 0.5) is 23.7 Å². The molecule has 10 heteroatoms. The Morgan fingerprint density at radius 2 is 1.62 bits per heavy atom. The second-order valence-corrected chi connectivity index (χ2v) is 9.74. The lowest BCUT2D eigenvalue weighted by atomic mass is 9.96. The Labute approximate surface area is 207 Å². The van der Waals surface area contributed by atoms with Gasteiger partial charge >= 0.3 is 6.09 Å². The first kappa shape index (κ1) is 27.9. The lowest BCUT2D eigenvalue weighted by molar-refractivity contribution is 0.0493. The number of thiol groups is 1. The molecule has 186 valence electrons. The second kappa shape index (κ2) is 12.4. The third-order valence-corrected chi connectivity index (χ3v) is 5.61. The van der Waals surface area contributed by atoms with Gasteiger partial charge in [0.15, 0.2) is 17.5 Å². The van der Waals surface area contributed by atoms with Crippen LogP contribution in [-0.4, -0.2) is 23.6 Å². The summed E-state index contributed by atoms with van der Waals surface area (Å²) in [5, 5.41) is 5.53. The van der Waals surface area contributed by atoms with E-state index < -0.39 is 29.0 Å². The molecular formula is C24H28ClF3N2O3S. The summed E-state index contributed by atoms with van der Waals surface area (Å²) in [4.78, 5) is 23.6. The quantitative estimate of drug-likeness (QED) is 0.300. The van der Waals surface area contributed by atoms with Gasteiger partial charge in [0.1, 0.15) is 5.60 Å². The molecule has 0 atom stereocenters. The normalized spacial score (nSPS) is 14.0. The van der Waals surface area contributed by atoms with Crippen molar-refractivity contribution in [2.75, 3.05) is 5.32 Å². The molecule has 5 nitrogen and oxygen atoms in total. The molecule has 0 radical (unpaired) electrons. The van der Waals surface area contributed by atoms with Crippen LogP contribution in [-0.2, 0) is 4.74 Å². The summed E-state index contributed by atoms with van der Waals surface area (Å²) in [6.45, 7) is 5.65. The van der Waals surface area contributed by atoms with Gasteiger partial charge in [0, 0.05) is 34.3 Å². The van der Waals surface area contributed by atoms with Crippen molar-refractivity contribution in [1.82, 2.24) is 5.32 Å². The second-order valence-electron chi connectivity index (χ2n) is 8.86. The van der Waals surface area contributed by atoms with Crippen LogP contribution in [0.1, 0.15) is 63.2 Å². The minimum absolute atomic E-state index is 0.193. The molecule has 2 N–H and O–H groups in total. The van der Waals surface area contributed by atoms with Crippen LogP contribution < -0.4 is 10.6 Å². The smallest absolute Gasteiger partial charge is 0.407 e. The Morgan fingerprint density at radius 1 is 1.03 bits per heavy atom. The van der Waals surface area contributed by atoms with Gasteiger partial charge in [-0.2, -0.15) is 0 Å². The van der Waals surface area contributed by atoms with Gasteiger partial charge in [0.2, 0.25) is 0 Å². The van der Waals surface area contributed by atoms with E-state index in [2.05, 4.69) is 23.3 Å². The Kier molecular flexibility index (Phi) is 10.1. The number of amides is 2. The predicted molar refractivity (Wildman–Crippen MR) is 129 cm³/mol. The van der Waals surface area contributed by atoms with Crippen LogP contribution >= 0.6 is 24.2 Å². The molecule has 0 aliphatic heterocycles. The molecule has 0 spiro atoms. The number of ether oxygens (including phenoxy) is 1. The van der Waals surface area contributed by atoms with E-state index >= 15 is 0 Å². The van der Waals surface area contributed by atoms with E-state index in [-0.39, 0.29) is 17.3 Å². The third kappa shape index (κ3) is 9.10. The van der Waals surface area contributed by atoms with Crippen LogP contribution in [0.5, 0.6) is 0 Å². The van der Waals surface area contributed by atoms with Crippen LogP contribution in [0.15, 0.2) is 35.2 Å². The summed E-state index contributed by atoms with van der Waals surface area (Å²) >= 11 is 9.81. The van der Waals surface area contributed by atoms with Crippen molar-refractivity contribution >= 4 is 41.9 Å². The Hall–Kier alpha value is -2.39. The highest BCUT2D eigenvalue weighted by Gasteiger charge is 2.20. The van der Waals surface area contributed by atoms with Crippen LogP contribution in [0, 0.1) is 17.5 Å². The molecule has 0 saturated heterocycles. The van der Waals surface area contributed by atoms with E-state index in [0.717, 1.165) is 12.8 Å². The van der Waals surface area contributed by atoms with E-state index in [0.29, 0.717) is 28.1 Å². The van der Waals surface area contributed by atoms with E-state index in [9.17, 15) is 22.8 Å². The van der Waals surface area contributed by atoms with Crippen molar-refractivity contribution < 1.29 is 27.5 Å². The predicted octanol–water partition coefficient (Wildman–Crippen LogP) is 7.14. The van der Waals surface area contributed by atoms with Gasteiger partial charge in [-0.1, -0.05) is 30.9 Å². The summed E-state index contributed by atoms with van der Waals surface area (Å²) in [6.07, 6.45) is 5.66. The number of nitrogens with one attached hydrogen (secondary N) is 2. The molecule has 2 aromatic rings. The number of carbonyl (C=O) groups is 2. The van der Waals surface area contributed by atoms with Crippen molar-refractivity contribution in [3.05, 3.63) is 58.4 Å². The maximum absolute atomic E-state index is 13.0. The number of rotatable bonds is 3. The largest absolute Gasteiger partial charge is 0.444 e. The van der Waals surface area contributed by atoms with Gasteiger partial charge in [0.25, 0.3) is 5.91 Å². The Bertz CT molecular complexity index is 1000. The number of benzene rings is 2. The number of carbonyl (C=O) groups excluding carboxylic acids is 2. The molecule has 1 fully saturated rings. The molecule has 0 unspecified atom stereocenters. The van der Waals surface area contributed by atoms with Gasteiger partial charge in [0.05, 0.1) is 5.02 Å². The van der Waals surface area contributed by atoms with Crippen LogP contribution in [0.3, 0.4) is 0 Å². The molecule has 1 saturated carbocycles. The number of anilines is 1. The van der Waals surface area contributed by atoms with Gasteiger partial charge in [-0.05, 0) is 51.8 Å². The zero-order valence-electron chi connectivity index (χ0n) is 19.2. The van der Waals surface area contributed by atoms with E-state index in [1.807, 2.05) is 20.8 Å². The third-order valence-electron chi connectivity index (χ3n) is 4.78. The van der Waals surface area contributed by atoms with Gasteiger partial charge in [-0.15, -0.1) is 12.6 Å². The maximum atomic E-state index is 13.0. The monoisotopic (exact) mass is 516 g/mol. The van der Waals surface area contributed by atoms with Crippen molar-refractivity contribution in [2.45, 2.75) is 69.4 Å². The van der Waals surface area contributed by atoms with E-state index in [4.69, 9.17) is 16.3 Å². The zero-order chi connectivity index (χ0) is 25.5. The average molecular weight is 517 g/mol. The molecular weight excluding hydrogens is 489 g/mol. The lowest BCUT2D eigenvalue weighted by Crippen LogP contribution is -2.39. The summed E-state index contributed by atoms with van der Waals surface area (Å²) in [5.74, 6) is -4.98. The number of halogens is 4. The summed E-state index contributed by atoms with van der Waals surface area (Å²) < 4.78 is 44.0. The minimum atomic E-state index is -1.59. The number of hydrogen-bond donors (Lipinski definition) is 3. The molecule has 1 aliphatic carbocycles. The van der Waals surface area contributed by atoms with Crippen LogP contribution in [0.2, 0.25) is 5.02 Å². The SMILES string of the molecule is CC(C)(C)OC(=O)NC1CCCCC1.O=C(Nc1cc(F)c(F)c(F)c1)c1ccc(Cl)c(S)c1. The van der Waals surface area contributed by atoms with Gasteiger partial charge in [-0.3, -0.25) is 4.79 Å². The molecule has 2 aromatic carbocycles. The Morgan fingerprint density at radius 3 is 2.15 bits per heavy atom. The van der Waals surface area contributed by atoms with Crippen molar-refractivity contribution in [3.8, 4) is 0 Å². The van der Waals surface area contributed by atoms with Crippen molar-refractivity contribution in [1.29, 1.82) is 0 Å². The molecule has 34 heavy (non-hydrogen) atoms. The molecule has 2 amide bonds. The van der Waals surface area contributed by atoms with Gasteiger partial charge < -0.3 is 15.4 Å². The molecule has 3 rings (SSSR count). The first-order valence-corrected chi connectivity index (χ1v) is 11.6. The fourth-order valence-electron chi connectivity index (χ4n) is 3.21. The van der Waals surface area contributed by atoms with E-state index in [1.54, 1.807) is 0 Å². The number of hydrogen-bond acceptors (Lipinski definition) is 4. The fourth-order valence-corrected chi connectivity index (χ4v) is 3.54. The summed E-state index contributed by atoms with van der Waals surface area (Å²) in [6, 6.07) is 6.00. The molecule has 0 bridgehead atoms. The fraction of sp³-hybridized carbons (Fsp3) is 0.417. The average Bonchev–Trinajstić information content (AvgIpc) is 2.73. The first-order valence-electron chi connectivity index (χ1n) is 10.8. The highest BCUT2D eigenvalue weighted by Crippen LogP contribution is 2.23. The highest BCUT2D eigenvalue weighted by molar-refractivity contribution is 7.80. The summed E-state index contributed by atoms with van der Waals surface area (Å²) in [5.41, 5.74) is -0.384. The first-order chi connectivity index (χ1) is 15.9. The maximum Gasteiger partial charge on any atom is 0.407 e. The van der Waals surface area contributed by atoms with E-state index in [1.165, 1.54) is 37.5 Å². The molecule has 0 aromatic heterocycles. The molecule has 0 heterocycles. The Balaban J connectivity index is 0.000000257. The zero-order valence-corrected chi connectivity index (χ0v) is 20.8. The summed E-state index contributed by atoms with van der Waals surface area (Å²) in [7, 11) is 0. The van der Waals surface area contributed by atoms with Crippen molar-refractivity contribution in [2.24, 2.45) is 0 Å². The molecule has 1 aliphatic rings. The topological polar surface area (TPSA) is 67.4 Å².